The summed E-state index contributed by atoms with van der Waals surface area (Å²) >= 11 is 0. The van der Waals surface area contributed by atoms with Crippen molar-refractivity contribution < 1.29 is 4.74 Å². The molecule has 2 aromatic rings. The van der Waals surface area contributed by atoms with Crippen LogP contribution in [0.4, 0.5) is 5.82 Å². The first-order valence-electron chi connectivity index (χ1n) is 7.41. The van der Waals surface area contributed by atoms with Crippen molar-refractivity contribution in [1.82, 2.24) is 19.5 Å². The first kappa shape index (κ1) is 16.4. The zero-order valence-corrected chi connectivity index (χ0v) is 12.8. The Balaban J connectivity index is 0.000000461. The fourth-order valence-electron chi connectivity index (χ4n) is 2.02. The summed E-state index contributed by atoms with van der Waals surface area (Å²) in [7, 11) is 0. The lowest BCUT2D eigenvalue weighted by Gasteiger charge is -2.23. The second-order valence-electron chi connectivity index (χ2n) is 3.90. The van der Waals surface area contributed by atoms with Crippen LogP contribution in [0.25, 0.3) is 11.2 Å². The van der Waals surface area contributed by atoms with Crippen LogP contribution in [0.2, 0.25) is 0 Å². The number of fused-ring (bicyclic) bond motifs is 1. The highest BCUT2D eigenvalue weighted by Gasteiger charge is 2.19. The van der Waals surface area contributed by atoms with E-state index in [2.05, 4.69) is 15.0 Å². The fourth-order valence-corrected chi connectivity index (χ4v) is 2.02. The molecule has 0 saturated carbocycles. The molecule has 1 saturated heterocycles. The van der Waals surface area contributed by atoms with E-state index in [-0.39, 0.29) is 6.23 Å². The Morgan fingerprint density at radius 1 is 1.15 bits per heavy atom. The van der Waals surface area contributed by atoms with Crippen LogP contribution in [0.3, 0.4) is 0 Å². The third-order valence-electron chi connectivity index (χ3n) is 2.85. The standard InChI is InChI=1S/C10H13N5O.2C2H6/c11-9-8-10(13-5-12-9)15(6-14-8)7-3-1-2-4-16-7;2*1-2/h5-7H,1-4H2,(H2,11,12,13);2*1-2H3. The van der Waals surface area contributed by atoms with E-state index in [1.54, 1.807) is 6.33 Å². The number of aromatic nitrogens is 4. The summed E-state index contributed by atoms with van der Waals surface area (Å²) in [6.45, 7) is 8.80. The fraction of sp³-hybridized carbons (Fsp3) is 0.643. The summed E-state index contributed by atoms with van der Waals surface area (Å²) in [5, 5.41) is 0. The van der Waals surface area contributed by atoms with Gasteiger partial charge in [-0.05, 0) is 19.3 Å². The number of hydrogen-bond donors (Lipinski definition) is 1. The second-order valence-corrected chi connectivity index (χ2v) is 3.90. The molecule has 0 aliphatic carbocycles. The molecule has 1 aliphatic rings. The number of nitrogens with zero attached hydrogens (tertiary/aromatic N) is 4. The van der Waals surface area contributed by atoms with Crippen LogP contribution >= 0.6 is 0 Å². The number of ether oxygens (including phenoxy) is 1. The highest BCUT2D eigenvalue weighted by molar-refractivity contribution is 5.81. The van der Waals surface area contributed by atoms with Crippen LogP contribution in [-0.4, -0.2) is 26.1 Å². The Hall–Kier alpha value is -1.69. The van der Waals surface area contributed by atoms with Gasteiger partial charge in [0, 0.05) is 6.61 Å². The van der Waals surface area contributed by atoms with Gasteiger partial charge in [-0.25, -0.2) is 15.0 Å². The molecule has 2 aromatic heterocycles. The van der Waals surface area contributed by atoms with E-state index in [1.807, 2.05) is 32.3 Å². The minimum absolute atomic E-state index is 0.0352. The Labute approximate surface area is 120 Å². The van der Waals surface area contributed by atoms with Crippen molar-refractivity contribution in [2.24, 2.45) is 0 Å². The summed E-state index contributed by atoms with van der Waals surface area (Å²) in [6, 6.07) is 0. The molecule has 2 N–H and O–H groups in total. The van der Waals surface area contributed by atoms with Crippen LogP contribution in [-0.2, 0) is 4.74 Å². The number of nitrogens with two attached hydrogens (primary N) is 1. The zero-order valence-electron chi connectivity index (χ0n) is 12.8. The first-order valence-corrected chi connectivity index (χ1v) is 7.41. The lowest BCUT2D eigenvalue weighted by molar-refractivity contribution is -0.0298. The molecule has 20 heavy (non-hydrogen) atoms. The predicted octanol–water partition coefficient (Wildman–Crippen LogP) is 3.16. The van der Waals surface area contributed by atoms with E-state index >= 15 is 0 Å². The van der Waals surface area contributed by atoms with Gasteiger partial charge in [-0.3, -0.25) is 4.57 Å². The summed E-state index contributed by atoms with van der Waals surface area (Å²) in [4.78, 5) is 12.3. The molecule has 1 atom stereocenters. The van der Waals surface area contributed by atoms with Crippen molar-refractivity contribution in [2.45, 2.75) is 53.2 Å². The molecule has 3 heterocycles. The van der Waals surface area contributed by atoms with Gasteiger partial charge < -0.3 is 10.5 Å². The largest absolute Gasteiger partial charge is 0.382 e. The van der Waals surface area contributed by atoms with Crippen molar-refractivity contribution in [1.29, 1.82) is 0 Å². The van der Waals surface area contributed by atoms with Gasteiger partial charge in [-0.15, -0.1) is 0 Å². The second kappa shape index (κ2) is 8.47. The first-order chi connectivity index (χ1) is 9.86. The number of anilines is 1. The summed E-state index contributed by atoms with van der Waals surface area (Å²) in [6.07, 6.45) is 6.51. The van der Waals surface area contributed by atoms with E-state index in [0.717, 1.165) is 25.1 Å². The van der Waals surface area contributed by atoms with Crippen LogP contribution in [0, 0.1) is 0 Å². The average molecular weight is 279 g/mol. The molecule has 0 spiro atoms. The zero-order chi connectivity index (χ0) is 15.0. The minimum atomic E-state index is 0.0352. The lowest BCUT2D eigenvalue weighted by atomic mass is 10.2. The van der Waals surface area contributed by atoms with Gasteiger partial charge in [0.25, 0.3) is 0 Å². The normalized spacial score (nSPS) is 17.7. The SMILES string of the molecule is CC.CC.Nc1ncnc2c1ncn2C1CCCCO1. The van der Waals surface area contributed by atoms with Crippen LogP contribution in [0.1, 0.15) is 53.2 Å². The minimum Gasteiger partial charge on any atom is -0.382 e. The number of imidazole rings is 1. The van der Waals surface area contributed by atoms with Gasteiger partial charge in [0.1, 0.15) is 18.1 Å². The monoisotopic (exact) mass is 279 g/mol. The van der Waals surface area contributed by atoms with Gasteiger partial charge in [0.2, 0.25) is 0 Å². The van der Waals surface area contributed by atoms with Crippen molar-refractivity contribution in [2.75, 3.05) is 12.3 Å². The Kier molecular flexibility index (Phi) is 6.93. The van der Waals surface area contributed by atoms with Gasteiger partial charge >= 0.3 is 0 Å². The van der Waals surface area contributed by atoms with E-state index < -0.39 is 0 Å². The van der Waals surface area contributed by atoms with Crippen molar-refractivity contribution >= 4 is 17.0 Å². The molecule has 0 radical (unpaired) electrons. The molecular formula is C14H25N5O. The topological polar surface area (TPSA) is 78.9 Å². The molecule has 1 unspecified atom stereocenters. The molecule has 3 rings (SSSR count). The number of rotatable bonds is 1. The predicted molar refractivity (Wildman–Crippen MR) is 81.3 cm³/mol. The van der Waals surface area contributed by atoms with Gasteiger partial charge in [-0.1, -0.05) is 27.7 Å². The highest BCUT2D eigenvalue weighted by Crippen LogP contribution is 2.26. The van der Waals surface area contributed by atoms with E-state index in [4.69, 9.17) is 10.5 Å². The van der Waals surface area contributed by atoms with Crippen molar-refractivity contribution in [3.63, 3.8) is 0 Å². The van der Waals surface area contributed by atoms with E-state index in [1.165, 1.54) is 12.7 Å². The molecule has 6 heteroatoms. The van der Waals surface area contributed by atoms with E-state index in [0.29, 0.717) is 11.3 Å². The van der Waals surface area contributed by atoms with Gasteiger partial charge in [-0.2, -0.15) is 0 Å². The molecule has 1 fully saturated rings. The molecular weight excluding hydrogens is 254 g/mol. The van der Waals surface area contributed by atoms with Gasteiger partial charge in [0.05, 0.1) is 6.33 Å². The molecule has 1 aliphatic heterocycles. The third kappa shape index (κ3) is 3.45. The average Bonchev–Trinajstić information content (AvgIpc) is 2.98. The van der Waals surface area contributed by atoms with Crippen LogP contribution in [0.15, 0.2) is 12.7 Å². The maximum atomic E-state index is 5.73. The maximum absolute atomic E-state index is 5.73. The maximum Gasteiger partial charge on any atom is 0.167 e. The quantitative estimate of drug-likeness (QED) is 0.867. The number of hydrogen-bond acceptors (Lipinski definition) is 5. The summed E-state index contributed by atoms with van der Waals surface area (Å²) in [5.41, 5.74) is 7.13. The molecule has 112 valence electrons. The Bertz CT molecular complexity index is 505. The van der Waals surface area contributed by atoms with Crippen molar-refractivity contribution in [3.05, 3.63) is 12.7 Å². The smallest absolute Gasteiger partial charge is 0.167 e. The molecule has 0 bridgehead atoms. The van der Waals surface area contributed by atoms with Crippen LogP contribution in [0.5, 0.6) is 0 Å². The highest BCUT2D eigenvalue weighted by atomic mass is 16.5. The lowest BCUT2D eigenvalue weighted by Crippen LogP contribution is -2.17. The summed E-state index contributed by atoms with van der Waals surface area (Å²) in [5.74, 6) is 0.416. The van der Waals surface area contributed by atoms with Crippen LogP contribution < -0.4 is 5.73 Å². The van der Waals surface area contributed by atoms with Crippen molar-refractivity contribution in [3.8, 4) is 0 Å². The van der Waals surface area contributed by atoms with E-state index in [9.17, 15) is 0 Å². The number of nitrogen functional groups attached to an aromatic ring is 1. The van der Waals surface area contributed by atoms with Gasteiger partial charge in [0.15, 0.2) is 11.5 Å². The third-order valence-corrected chi connectivity index (χ3v) is 2.85. The Morgan fingerprint density at radius 3 is 2.55 bits per heavy atom. The Morgan fingerprint density at radius 2 is 1.90 bits per heavy atom. The molecule has 0 amide bonds. The summed E-state index contributed by atoms with van der Waals surface area (Å²) < 4.78 is 7.63. The molecule has 0 aromatic carbocycles. The molecule has 6 nitrogen and oxygen atoms in total.